The van der Waals surface area contributed by atoms with Gasteiger partial charge in [0.15, 0.2) is 0 Å². The highest BCUT2D eigenvalue weighted by Crippen LogP contribution is 2.20. The Bertz CT molecular complexity index is 243. The van der Waals surface area contributed by atoms with Gasteiger partial charge in [-0.2, -0.15) is 0 Å². The zero-order valence-electron chi connectivity index (χ0n) is 6.32. The summed E-state index contributed by atoms with van der Waals surface area (Å²) in [5.74, 6) is 2.76. The molecule has 0 aliphatic heterocycles. The molecular formula is C9H10O2. The number of aliphatic hydroxyl groups is 1. The van der Waals surface area contributed by atoms with Crippen molar-refractivity contribution in [2.45, 2.75) is 13.0 Å². The Morgan fingerprint density at radius 3 is 2.91 bits per heavy atom. The molecule has 1 heterocycles. The number of furan rings is 1. The fraction of sp³-hybridized carbons (Fsp3) is 0.333. The topological polar surface area (TPSA) is 33.4 Å². The zero-order valence-corrected chi connectivity index (χ0v) is 6.32. The van der Waals surface area contributed by atoms with Gasteiger partial charge in [-0.3, -0.25) is 0 Å². The smallest absolute Gasteiger partial charge is 0.133 e. The Morgan fingerprint density at radius 2 is 2.45 bits per heavy atom. The molecule has 11 heavy (non-hydrogen) atoms. The Kier molecular flexibility index (Phi) is 2.35. The van der Waals surface area contributed by atoms with Crippen LogP contribution in [-0.4, -0.2) is 5.11 Å². The molecule has 0 saturated carbocycles. The van der Waals surface area contributed by atoms with Gasteiger partial charge < -0.3 is 9.52 Å². The van der Waals surface area contributed by atoms with Crippen molar-refractivity contribution >= 4 is 0 Å². The molecule has 0 aliphatic rings. The van der Waals surface area contributed by atoms with Crippen LogP contribution in [0.4, 0.5) is 0 Å². The first-order valence-electron chi connectivity index (χ1n) is 3.43. The summed E-state index contributed by atoms with van der Waals surface area (Å²) in [7, 11) is 0. The third-order valence-electron chi connectivity index (χ3n) is 1.57. The highest BCUT2D eigenvalue weighted by molar-refractivity contribution is 5.07. The minimum atomic E-state index is -0.685. The molecule has 0 aliphatic carbocycles. The maximum Gasteiger partial charge on any atom is 0.133 e. The lowest BCUT2D eigenvalue weighted by Gasteiger charge is -2.09. The maximum absolute atomic E-state index is 9.44. The first-order valence-corrected chi connectivity index (χ1v) is 3.43. The van der Waals surface area contributed by atoms with Crippen molar-refractivity contribution in [3.05, 3.63) is 24.2 Å². The predicted octanol–water partition coefficient (Wildman–Crippen LogP) is 1.58. The molecule has 1 rings (SSSR count). The van der Waals surface area contributed by atoms with Gasteiger partial charge in [-0.15, -0.1) is 12.3 Å². The van der Waals surface area contributed by atoms with Crippen LogP contribution in [0.5, 0.6) is 0 Å². The van der Waals surface area contributed by atoms with E-state index < -0.39 is 6.10 Å². The number of rotatable bonds is 2. The van der Waals surface area contributed by atoms with Crippen molar-refractivity contribution in [2.75, 3.05) is 0 Å². The van der Waals surface area contributed by atoms with Gasteiger partial charge in [0.2, 0.25) is 0 Å². The lowest BCUT2D eigenvalue weighted by molar-refractivity contribution is 0.118. The van der Waals surface area contributed by atoms with Crippen molar-refractivity contribution in [3.8, 4) is 12.3 Å². The van der Waals surface area contributed by atoms with Crippen LogP contribution in [0.1, 0.15) is 18.8 Å². The molecule has 0 amide bonds. The molecular weight excluding hydrogens is 140 g/mol. The fourth-order valence-electron chi connectivity index (χ4n) is 0.797. The van der Waals surface area contributed by atoms with E-state index in [4.69, 9.17) is 10.8 Å². The van der Waals surface area contributed by atoms with Crippen molar-refractivity contribution in [1.82, 2.24) is 0 Å². The van der Waals surface area contributed by atoms with Crippen LogP contribution < -0.4 is 0 Å². The van der Waals surface area contributed by atoms with Crippen LogP contribution >= 0.6 is 0 Å². The largest absolute Gasteiger partial charge is 0.467 e. The monoisotopic (exact) mass is 150 g/mol. The molecule has 2 heteroatoms. The lowest BCUT2D eigenvalue weighted by atomic mass is 10.0. The summed E-state index contributed by atoms with van der Waals surface area (Å²) >= 11 is 0. The molecule has 0 bridgehead atoms. The normalized spacial score (nSPS) is 15.4. The summed E-state index contributed by atoms with van der Waals surface area (Å²) < 4.78 is 4.97. The van der Waals surface area contributed by atoms with Crippen molar-refractivity contribution in [2.24, 2.45) is 5.92 Å². The first kappa shape index (κ1) is 7.90. The van der Waals surface area contributed by atoms with E-state index in [1.807, 2.05) is 0 Å². The van der Waals surface area contributed by atoms with Crippen LogP contribution in [-0.2, 0) is 0 Å². The molecule has 58 valence electrons. The van der Waals surface area contributed by atoms with Crippen LogP contribution in [0.15, 0.2) is 22.8 Å². The summed E-state index contributed by atoms with van der Waals surface area (Å²) in [6, 6.07) is 3.43. The second-order valence-electron chi connectivity index (χ2n) is 2.42. The van der Waals surface area contributed by atoms with E-state index in [0.717, 1.165) is 0 Å². The van der Waals surface area contributed by atoms with Gasteiger partial charge in [0, 0.05) is 0 Å². The van der Waals surface area contributed by atoms with Gasteiger partial charge in [0.1, 0.15) is 11.9 Å². The second kappa shape index (κ2) is 3.27. The fourth-order valence-corrected chi connectivity index (χ4v) is 0.797. The molecule has 1 aromatic rings. The van der Waals surface area contributed by atoms with E-state index in [0.29, 0.717) is 5.76 Å². The number of hydrogen-bond acceptors (Lipinski definition) is 2. The van der Waals surface area contributed by atoms with Gasteiger partial charge in [-0.1, -0.05) is 0 Å². The summed E-state index contributed by atoms with van der Waals surface area (Å²) in [4.78, 5) is 0. The molecule has 0 aromatic carbocycles. The number of aliphatic hydroxyl groups excluding tert-OH is 1. The van der Waals surface area contributed by atoms with Crippen molar-refractivity contribution in [1.29, 1.82) is 0 Å². The molecule has 0 fully saturated rings. The van der Waals surface area contributed by atoms with E-state index in [1.54, 1.807) is 19.1 Å². The molecule has 0 saturated heterocycles. The Morgan fingerprint density at radius 1 is 1.73 bits per heavy atom. The Hall–Kier alpha value is -1.20. The summed E-state index contributed by atoms with van der Waals surface area (Å²) in [5, 5.41) is 9.44. The molecule has 0 spiro atoms. The minimum absolute atomic E-state index is 0.207. The predicted molar refractivity (Wildman–Crippen MR) is 41.7 cm³/mol. The quantitative estimate of drug-likeness (QED) is 0.649. The van der Waals surface area contributed by atoms with E-state index in [1.165, 1.54) is 6.26 Å². The molecule has 0 radical (unpaired) electrons. The van der Waals surface area contributed by atoms with Gasteiger partial charge in [0.05, 0.1) is 12.2 Å². The zero-order chi connectivity index (χ0) is 8.27. The third-order valence-corrected chi connectivity index (χ3v) is 1.57. The van der Waals surface area contributed by atoms with Crippen LogP contribution in [0.25, 0.3) is 0 Å². The van der Waals surface area contributed by atoms with Gasteiger partial charge >= 0.3 is 0 Å². The summed E-state index contributed by atoms with van der Waals surface area (Å²) in [5.41, 5.74) is 0. The van der Waals surface area contributed by atoms with Gasteiger partial charge in [-0.25, -0.2) is 0 Å². The minimum Gasteiger partial charge on any atom is -0.467 e. The lowest BCUT2D eigenvalue weighted by Crippen LogP contribution is -2.05. The first-order chi connectivity index (χ1) is 5.25. The van der Waals surface area contributed by atoms with E-state index >= 15 is 0 Å². The molecule has 1 aromatic heterocycles. The molecule has 2 atom stereocenters. The Labute approximate surface area is 65.8 Å². The average molecular weight is 150 g/mol. The molecule has 2 nitrogen and oxygen atoms in total. The van der Waals surface area contributed by atoms with Gasteiger partial charge in [0.25, 0.3) is 0 Å². The van der Waals surface area contributed by atoms with Crippen LogP contribution in [0, 0.1) is 18.3 Å². The average Bonchev–Trinajstić information content (AvgIpc) is 2.53. The molecule has 1 N–H and O–H groups in total. The van der Waals surface area contributed by atoms with Crippen LogP contribution in [0.2, 0.25) is 0 Å². The molecule has 0 unspecified atom stereocenters. The maximum atomic E-state index is 9.44. The standard InChI is InChI=1S/C9H10O2/c1-3-7(2)9(10)8-5-4-6-11-8/h1,4-7,9-10H,2H3/t7-,9-/m1/s1. The Balaban J connectivity index is 2.71. The highest BCUT2D eigenvalue weighted by Gasteiger charge is 2.15. The second-order valence-corrected chi connectivity index (χ2v) is 2.42. The van der Waals surface area contributed by atoms with Gasteiger partial charge in [-0.05, 0) is 19.1 Å². The van der Waals surface area contributed by atoms with Crippen molar-refractivity contribution in [3.63, 3.8) is 0 Å². The summed E-state index contributed by atoms with van der Waals surface area (Å²) in [6.45, 7) is 1.77. The van der Waals surface area contributed by atoms with Crippen LogP contribution in [0.3, 0.4) is 0 Å². The third kappa shape index (κ3) is 1.63. The number of terminal acetylenes is 1. The van der Waals surface area contributed by atoms with Crippen molar-refractivity contribution < 1.29 is 9.52 Å². The van der Waals surface area contributed by atoms with E-state index in [2.05, 4.69) is 5.92 Å². The SMILES string of the molecule is C#C[C@@H](C)[C@@H](O)c1ccco1. The highest BCUT2D eigenvalue weighted by atomic mass is 16.4. The van der Waals surface area contributed by atoms with E-state index in [-0.39, 0.29) is 5.92 Å². The number of hydrogen-bond donors (Lipinski definition) is 1. The summed E-state index contributed by atoms with van der Waals surface area (Å²) in [6.07, 6.45) is 5.96. The van der Waals surface area contributed by atoms with E-state index in [9.17, 15) is 5.11 Å².